The molecule has 0 fully saturated rings. The number of halogens is 1. The molecule has 6 heteroatoms. The fourth-order valence-electron chi connectivity index (χ4n) is 1.48. The lowest BCUT2D eigenvalue weighted by Gasteiger charge is -2.10. The topological polar surface area (TPSA) is 69.6 Å². The summed E-state index contributed by atoms with van der Waals surface area (Å²) < 4.78 is 2.83. The summed E-state index contributed by atoms with van der Waals surface area (Å²) in [5.74, 6) is 1.11. The van der Waals surface area contributed by atoms with Crippen LogP contribution in [-0.4, -0.2) is 19.7 Å². The molecule has 2 N–H and O–H groups in total. The minimum absolute atomic E-state index is 0.298. The highest BCUT2D eigenvalue weighted by atomic mass is 127. The molecule has 17 heavy (non-hydrogen) atoms. The van der Waals surface area contributed by atoms with E-state index < -0.39 is 0 Å². The van der Waals surface area contributed by atoms with Crippen LogP contribution in [0.2, 0.25) is 0 Å². The largest absolute Gasteiger partial charge is 0.325 e. The Labute approximate surface area is 114 Å². The zero-order chi connectivity index (χ0) is 12.4. The Balaban J connectivity index is 2.48. The minimum atomic E-state index is 0.298. The molecular formula is C11H14IN5. The molecule has 0 atom stereocenters. The Morgan fingerprint density at radius 2 is 2.18 bits per heavy atom. The SMILES string of the molecule is CC(C)c1ncc(-n2cc(I)cn2)c(CN)n1. The molecule has 2 aromatic heterocycles. The maximum Gasteiger partial charge on any atom is 0.131 e. The first-order valence-corrected chi connectivity index (χ1v) is 6.46. The maximum absolute atomic E-state index is 5.73. The van der Waals surface area contributed by atoms with E-state index in [0.29, 0.717) is 12.5 Å². The van der Waals surface area contributed by atoms with Crippen LogP contribution in [0.5, 0.6) is 0 Å². The van der Waals surface area contributed by atoms with Crippen LogP contribution in [-0.2, 0) is 6.54 Å². The fraction of sp³-hybridized carbons (Fsp3) is 0.364. The van der Waals surface area contributed by atoms with Gasteiger partial charge in [0.15, 0.2) is 0 Å². The first kappa shape index (κ1) is 12.4. The van der Waals surface area contributed by atoms with Crippen LogP contribution in [0.4, 0.5) is 0 Å². The molecule has 0 spiro atoms. The Morgan fingerprint density at radius 1 is 1.41 bits per heavy atom. The number of rotatable bonds is 3. The van der Waals surface area contributed by atoms with E-state index in [0.717, 1.165) is 20.8 Å². The van der Waals surface area contributed by atoms with E-state index in [-0.39, 0.29) is 0 Å². The van der Waals surface area contributed by atoms with Gasteiger partial charge in [0.1, 0.15) is 11.5 Å². The van der Waals surface area contributed by atoms with Gasteiger partial charge in [0, 0.05) is 18.7 Å². The van der Waals surface area contributed by atoms with Gasteiger partial charge in [0.05, 0.1) is 21.7 Å². The fourth-order valence-corrected chi connectivity index (χ4v) is 1.87. The lowest BCUT2D eigenvalue weighted by molar-refractivity contribution is 0.737. The van der Waals surface area contributed by atoms with Crippen molar-refractivity contribution in [1.82, 2.24) is 19.7 Å². The highest BCUT2D eigenvalue weighted by Gasteiger charge is 2.10. The average Bonchev–Trinajstić information content (AvgIpc) is 2.74. The molecule has 0 aliphatic rings. The molecule has 0 bridgehead atoms. The van der Waals surface area contributed by atoms with Crippen molar-refractivity contribution < 1.29 is 0 Å². The second-order valence-electron chi connectivity index (χ2n) is 4.02. The second-order valence-corrected chi connectivity index (χ2v) is 5.27. The summed E-state index contributed by atoms with van der Waals surface area (Å²) >= 11 is 2.21. The third-order valence-corrected chi connectivity index (χ3v) is 2.93. The molecule has 0 aliphatic heterocycles. The van der Waals surface area contributed by atoms with Crippen LogP contribution in [0.25, 0.3) is 5.69 Å². The van der Waals surface area contributed by atoms with E-state index in [4.69, 9.17) is 5.73 Å². The minimum Gasteiger partial charge on any atom is -0.325 e. The van der Waals surface area contributed by atoms with E-state index >= 15 is 0 Å². The van der Waals surface area contributed by atoms with Crippen molar-refractivity contribution in [1.29, 1.82) is 0 Å². The predicted octanol–water partition coefficient (Wildman–Crippen LogP) is 1.85. The third-order valence-electron chi connectivity index (χ3n) is 2.37. The average molecular weight is 343 g/mol. The van der Waals surface area contributed by atoms with Crippen molar-refractivity contribution in [3.8, 4) is 5.69 Å². The molecule has 5 nitrogen and oxygen atoms in total. The molecule has 0 saturated heterocycles. The normalized spacial score (nSPS) is 11.1. The van der Waals surface area contributed by atoms with Gasteiger partial charge in [-0.1, -0.05) is 13.8 Å². The van der Waals surface area contributed by atoms with Crippen molar-refractivity contribution in [3.63, 3.8) is 0 Å². The van der Waals surface area contributed by atoms with E-state index in [2.05, 4.69) is 51.5 Å². The smallest absolute Gasteiger partial charge is 0.131 e. The standard InChI is InChI=1S/C11H14IN5/c1-7(2)11-14-5-10(9(3-13)16-11)17-6-8(12)4-15-17/h4-7H,3,13H2,1-2H3. The summed E-state index contributed by atoms with van der Waals surface area (Å²) in [6.45, 7) is 4.51. The lowest BCUT2D eigenvalue weighted by atomic mass is 10.2. The quantitative estimate of drug-likeness (QED) is 0.864. The molecule has 0 radical (unpaired) electrons. The van der Waals surface area contributed by atoms with Crippen molar-refractivity contribution in [2.75, 3.05) is 0 Å². The molecular weight excluding hydrogens is 329 g/mol. The lowest BCUT2D eigenvalue weighted by Crippen LogP contribution is -2.11. The molecule has 0 unspecified atom stereocenters. The predicted molar refractivity (Wildman–Crippen MR) is 73.9 cm³/mol. The highest BCUT2D eigenvalue weighted by Crippen LogP contribution is 2.15. The van der Waals surface area contributed by atoms with Crippen molar-refractivity contribution >= 4 is 22.6 Å². The molecule has 0 aromatic carbocycles. The zero-order valence-corrected chi connectivity index (χ0v) is 11.9. The van der Waals surface area contributed by atoms with Gasteiger partial charge in [0.25, 0.3) is 0 Å². The van der Waals surface area contributed by atoms with Crippen LogP contribution in [0.15, 0.2) is 18.6 Å². The van der Waals surface area contributed by atoms with Gasteiger partial charge >= 0.3 is 0 Å². The van der Waals surface area contributed by atoms with Crippen LogP contribution in [0.1, 0.15) is 31.3 Å². The summed E-state index contributed by atoms with van der Waals surface area (Å²) in [6, 6.07) is 0. The Bertz CT molecular complexity index is 520. The first-order chi connectivity index (χ1) is 8.11. The van der Waals surface area contributed by atoms with Crippen LogP contribution >= 0.6 is 22.6 Å². The first-order valence-electron chi connectivity index (χ1n) is 5.38. The van der Waals surface area contributed by atoms with Gasteiger partial charge in [-0.3, -0.25) is 0 Å². The van der Waals surface area contributed by atoms with Crippen molar-refractivity contribution in [2.24, 2.45) is 5.73 Å². The van der Waals surface area contributed by atoms with E-state index in [1.54, 1.807) is 17.1 Å². The molecule has 0 saturated carbocycles. The van der Waals surface area contributed by atoms with E-state index in [1.165, 1.54) is 0 Å². The van der Waals surface area contributed by atoms with E-state index in [1.807, 2.05) is 6.20 Å². The summed E-state index contributed by atoms with van der Waals surface area (Å²) in [5.41, 5.74) is 7.40. The van der Waals surface area contributed by atoms with Gasteiger partial charge in [-0.2, -0.15) is 5.10 Å². The molecule has 0 aliphatic carbocycles. The van der Waals surface area contributed by atoms with Crippen LogP contribution in [0.3, 0.4) is 0 Å². The van der Waals surface area contributed by atoms with Crippen molar-refractivity contribution in [3.05, 3.63) is 33.7 Å². The molecule has 2 aromatic rings. The highest BCUT2D eigenvalue weighted by molar-refractivity contribution is 14.1. The summed E-state index contributed by atoms with van der Waals surface area (Å²) in [6.07, 6.45) is 5.50. The van der Waals surface area contributed by atoms with E-state index in [9.17, 15) is 0 Å². The molecule has 90 valence electrons. The van der Waals surface area contributed by atoms with Gasteiger partial charge in [0.2, 0.25) is 0 Å². The Kier molecular flexibility index (Phi) is 3.72. The van der Waals surface area contributed by atoms with Crippen LogP contribution in [0, 0.1) is 3.57 Å². The van der Waals surface area contributed by atoms with Crippen molar-refractivity contribution in [2.45, 2.75) is 26.3 Å². The zero-order valence-electron chi connectivity index (χ0n) is 9.76. The monoisotopic (exact) mass is 343 g/mol. The summed E-state index contributed by atoms with van der Waals surface area (Å²) in [5, 5.41) is 4.24. The maximum atomic E-state index is 5.73. The summed E-state index contributed by atoms with van der Waals surface area (Å²) in [4.78, 5) is 8.82. The second kappa shape index (κ2) is 5.09. The van der Waals surface area contributed by atoms with Gasteiger partial charge < -0.3 is 5.73 Å². The number of hydrogen-bond donors (Lipinski definition) is 1. The number of nitrogens with zero attached hydrogens (tertiary/aromatic N) is 4. The van der Waals surface area contributed by atoms with Gasteiger partial charge in [-0.15, -0.1) is 0 Å². The Morgan fingerprint density at radius 3 is 2.71 bits per heavy atom. The molecule has 2 heterocycles. The number of hydrogen-bond acceptors (Lipinski definition) is 4. The molecule has 2 rings (SSSR count). The van der Waals surface area contributed by atoms with Gasteiger partial charge in [-0.05, 0) is 22.6 Å². The number of aromatic nitrogens is 4. The summed E-state index contributed by atoms with van der Waals surface area (Å²) in [7, 11) is 0. The molecule has 0 amide bonds. The van der Waals surface area contributed by atoms with Gasteiger partial charge in [-0.25, -0.2) is 14.6 Å². The number of nitrogens with two attached hydrogens (primary N) is 1. The van der Waals surface area contributed by atoms with Crippen LogP contribution < -0.4 is 5.73 Å². The Hall–Kier alpha value is -1.02. The third kappa shape index (κ3) is 2.63.